The molecule has 0 aromatic heterocycles. The van der Waals surface area contributed by atoms with Crippen molar-refractivity contribution in [3.05, 3.63) is 65.7 Å². The fourth-order valence-electron chi connectivity index (χ4n) is 4.88. The third-order valence-corrected chi connectivity index (χ3v) is 7.10. The van der Waals surface area contributed by atoms with E-state index in [9.17, 15) is 24.3 Å². The van der Waals surface area contributed by atoms with Gasteiger partial charge in [-0.2, -0.15) is 0 Å². The number of hydrogen-bond acceptors (Lipinski definition) is 7. The van der Waals surface area contributed by atoms with Gasteiger partial charge in [0.25, 0.3) is 5.91 Å². The number of aliphatic hydroxyl groups is 1. The molecule has 0 spiro atoms. The van der Waals surface area contributed by atoms with Crippen LogP contribution in [0, 0.1) is 0 Å². The van der Waals surface area contributed by atoms with Gasteiger partial charge in [0.05, 0.1) is 24.6 Å². The first kappa shape index (κ1) is 29.0. The summed E-state index contributed by atoms with van der Waals surface area (Å²) in [6.45, 7) is 1.87. The lowest BCUT2D eigenvalue weighted by molar-refractivity contribution is -0.136. The predicted octanol–water partition coefficient (Wildman–Crippen LogP) is -0.0638. The van der Waals surface area contributed by atoms with Crippen molar-refractivity contribution in [1.82, 2.24) is 25.8 Å². The van der Waals surface area contributed by atoms with Crippen molar-refractivity contribution < 1.29 is 29.0 Å². The molecule has 2 aliphatic heterocycles. The van der Waals surface area contributed by atoms with Crippen LogP contribution >= 0.6 is 0 Å². The third-order valence-electron chi connectivity index (χ3n) is 7.10. The topological polar surface area (TPSA) is 140 Å². The van der Waals surface area contributed by atoms with Crippen LogP contribution in [-0.2, 0) is 20.8 Å². The van der Waals surface area contributed by atoms with Gasteiger partial charge >= 0.3 is 0 Å². The molecule has 3 atom stereocenters. The minimum atomic E-state index is -1.24. The Balaban J connectivity index is 1.61. The summed E-state index contributed by atoms with van der Waals surface area (Å²) >= 11 is 0. The lowest BCUT2D eigenvalue weighted by Crippen LogP contribution is -2.55. The molecule has 1 saturated heterocycles. The standard InChI is InChI=1S/C29H37N5O6/c1-33-12-7-13-34(15-14-33)29(39)23-17-26(36)31-24(18-35)28(38)30-21(16-20-8-3-2-4-9-20)19-40-25-11-6-5-10-22(25)27(37)32-23/h2-6,8-11,21,23-24,35H,7,12-19H2,1H3,(H,30,38)(H,31,36)(H,32,37)/t21-,23+,24+/m1/s1. The minimum Gasteiger partial charge on any atom is -0.491 e. The van der Waals surface area contributed by atoms with Gasteiger partial charge in [0.2, 0.25) is 17.7 Å². The fourth-order valence-corrected chi connectivity index (χ4v) is 4.88. The van der Waals surface area contributed by atoms with Crippen molar-refractivity contribution in [2.24, 2.45) is 0 Å². The number of nitrogens with one attached hydrogen (secondary N) is 3. The van der Waals surface area contributed by atoms with Crippen molar-refractivity contribution in [3.8, 4) is 5.75 Å². The molecular weight excluding hydrogens is 514 g/mol. The van der Waals surface area contributed by atoms with Crippen LogP contribution in [0.1, 0.15) is 28.8 Å². The summed E-state index contributed by atoms with van der Waals surface area (Å²) in [5.74, 6) is -1.85. The van der Waals surface area contributed by atoms with E-state index in [0.29, 0.717) is 26.1 Å². The average Bonchev–Trinajstić information content (AvgIpc) is 3.18. The van der Waals surface area contributed by atoms with E-state index < -0.39 is 48.9 Å². The number of carbonyl (C=O) groups excluding carboxylic acids is 4. The zero-order valence-electron chi connectivity index (χ0n) is 22.7. The molecule has 4 N–H and O–H groups in total. The van der Waals surface area contributed by atoms with E-state index >= 15 is 0 Å². The van der Waals surface area contributed by atoms with Gasteiger partial charge in [0.15, 0.2) is 0 Å². The van der Waals surface area contributed by atoms with E-state index in [4.69, 9.17) is 4.74 Å². The highest BCUT2D eigenvalue weighted by Gasteiger charge is 2.32. The summed E-state index contributed by atoms with van der Waals surface area (Å²) in [5.41, 5.74) is 1.17. The van der Waals surface area contributed by atoms with Crippen molar-refractivity contribution in [2.75, 3.05) is 46.4 Å². The molecule has 40 heavy (non-hydrogen) atoms. The minimum absolute atomic E-state index is 0.0284. The molecule has 11 heteroatoms. The van der Waals surface area contributed by atoms with Gasteiger partial charge in [0, 0.05) is 19.6 Å². The Morgan fingerprint density at radius 3 is 2.48 bits per heavy atom. The summed E-state index contributed by atoms with van der Waals surface area (Å²) in [7, 11) is 1.98. The molecule has 214 valence electrons. The van der Waals surface area contributed by atoms with E-state index in [2.05, 4.69) is 20.9 Å². The molecule has 0 radical (unpaired) electrons. The highest BCUT2D eigenvalue weighted by atomic mass is 16.5. The number of ether oxygens (including phenoxy) is 1. The van der Waals surface area contributed by atoms with Crippen LogP contribution < -0.4 is 20.7 Å². The van der Waals surface area contributed by atoms with Crippen molar-refractivity contribution in [3.63, 3.8) is 0 Å². The fraction of sp³-hybridized carbons (Fsp3) is 0.448. The maximum absolute atomic E-state index is 13.5. The number of carbonyl (C=O) groups is 4. The zero-order valence-corrected chi connectivity index (χ0v) is 22.7. The number of nitrogens with zero attached hydrogens (tertiary/aromatic N) is 2. The van der Waals surface area contributed by atoms with Crippen LogP contribution in [0.15, 0.2) is 54.6 Å². The first-order chi connectivity index (χ1) is 19.3. The predicted molar refractivity (Wildman–Crippen MR) is 148 cm³/mol. The Hall–Kier alpha value is -3.96. The molecule has 2 heterocycles. The summed E-state index contributed by atoms with van der Waals surface area (Å²) in [6.07, 6.45) is 0.800. The van der Waals surface area contributed by atoms with E-state index in [0.717, 1.165) is 18.5 Å². The number of hydrogen-bond donors (Lipinski definition) is 4. The van der Waals surface area contributed by atoms with Gasteiger partial charge in [-0.15, -0.1) is 0 Å². The largest absolute Gasteiger partial charge is 0.491 e. The van der Waals surface area contributed by atoms with E-state index in [1.54, 1.807) is 29.2 Å². The molecule has 2 aliphatic rings. The highest BCUT2D eigenvalue weighted by molar-refractivity contribution is 6.01. The Labute approximate surface area is 233 Å². The van der Waals surface area contributed by atoms with Gasteiger partial charge in [0.1, 0.15) is 24.4 Å². The van der Waals surface area contributed by atoms with Gasteiger partial charge in [-0.1, -0.05) is 42.5 Å². The smallest absolute Gasteiger partial charge is 0.255 e. The Morgan fingerprint density at radius 1 is 0.950 bits per heavy atom. The van der Waals surface area contributed by atoms with Crippen LogP contribution in [0.5, 0.6) is 5.75 Å². The van der Waals surface area contributed by atoms with E-state index in [1.165, 1.54) is 0 Å². The summed E-state index contributed by atoms with van der Waals surface area (Å²) < 4.78 is 6.04. The van der Waals surface area contributed by atoms with Gasteiger partial charge < -0.3 is 35.6 Å². The number of fused-ring (bicyclic) bond motifs is 1. The van der Waals surface area contributed by atoms with Crippen LogP contribution in [0.3, 0.4) is 0 Å². The molecule has 2 aromatic carbocycles. The molecular formula is C29H37N5O6. The SMILES string of the molecule is CN1CCCN(C(=O)[C@@H]2CC(=O)N[C@@H](CO)C(=O)N[C@H](Cc3ccccc3)COc3ccccc3C(=O)N2)CC1. The Morgan fingerprint density at radius 2 is 1.70 bits per heavy atom. The highest BCUT2D eigenvalue weighted by Crippen LogP contribution is 2.20. The number of rotatable bonds is 4. The molecule has 0 aliphatic carbocycles. The van der Waals surface area contributed by atoms with E-state index in [1.807, 2.05) is 37.4 Å². The van der Waals surface area contributed by atoms with Crippen LogP contribution in [-0.4, -0.2) is 103 Å². The van der Waals surface area contributed by atoms with Crippen molar-refractivity contribution >= 4 is 23.6 Å². The van der Waals surface area contributed by atoms with E-state index in [-0.39, 0.29) is 23.8 Å². The molecule has 4 rings (SSSR count). The Kier molecular flexibility index (Phi) is 10.1. The summed E-state index contributed by atoms with van der Waals surface area (Å²) in [5, 5.41) is 18.0. The quantitative estimate of drug-likeness (QED) is 0.417. The number of benzene rings is 2. The van der Waals surface area contributed by atoms with Crippen molar-refractivity contribution in [2.45, 2.75) is 37.4 Å². The molecule has 2 aromatic rings. The lowest BCUT2D eigenvalue weighted by Gasteiger charge is -2.28. The molecule has 4 amide bonds. The maximum atomic E-state index is 13.5. The van der Waals surface area contributed by atoms with Crippen molar-refractivity contribution in [1.29, 1.82) is 0 Å². The first-order valence-corrected chi connectivity index (χ1v) is 13.6. The average molecular weight is 552 g/mol. The first-order valence-electron chi connectivity index (χ1n) is 13.6. The molecule has 0 bridgehead atoms. The van der Waals surface area contributed by atoms with Gasteiger partial charge in [-0.25, -0.2) is 0 Å². The summed E-state index contributed by atoms with van der Waals surface area (Å²) in [4.78, 5) is 56.9. The maximum Gasteiger partial charge on any atom is 0.255 e. The molecule has 11 nitrogen and oxygen atoms in total. The zero-order chi connectivity index (χ0) is 28.5. The number of aliphatic hydroxyl groups excluding tert-OH is 1. The molecule has 1 fully saturated rings. The Bertz CT molecular complexity index is 1190. The molecule has 0 unspecified atom stereocenters. The van der Waals surface area contributed by atoms with Crippen LogP contribution in [0.25, 0.3) is 0 Å². The number of likely N-dealkylation sites (N-methyl/N-ethyl adjacent to an activating group) is 1. The second-order valence-corrected chi connectivity index (χ2v) is 10.2. The van der Waals surface area contributed by atoms with Crippen LogP contribution in [0.4, 0.5) is 0 Å². The number of amides is 4. The summed E-state index contributed by atoms with van der Waals surface area (Å²) in [6, 6.07) is 13.2. The number of para-hydroxylation sites is 1. The van der Waals surface area contributed by atoms with Crippen LogP contribution in [0.2, 0.25) is 0 Å². The second kappa shape index (κ2) is 13.9. The normalized spacial score (nSPS) is 23.4. The second-order valence-electron chi connectivity index (χ2n) is 10.2. The monoisotopic (exact) mass is 551 g/mol. The van der Waals surface area contributed by atoms with Gasteiger partial charge in [-0.3, -0.25) is 19.2 Å². The van der Waals surface area contributed by atoms with Gasteiger partial charge in [-0.05, 0) is 44.1 Å². The molecule has 0 saturated carbocycles. The third kappa shape index (κ3) is 7.80. The lowest BCUT2D eigenvalue weighted by atomic mass is 10.1.